The second-order valence-corrected chi connectivity index (χ2v) is 3.64. The molecular formula is C11H18N2O. The monoisotopic (exact) mass is 194 g/mol. The summed E-state index contributed by atoms with van der Waals surface area (Å²) in [6, 6.07) is 4.23. The summed E-state index contributed by atoms with van der Waals surface area (Å²) in [6.07, 6.45) is 2.85. The van der Waals surface area contributed by atoms with Gasteiger partial charge in [-0.2, -0.15) is 0 Å². The molecule has 1 rings (SSSR count). The first-order valence-corrected chi connectivity index (χ1v) is 5.03. The number of aryl methyl sites for hydroxylation is 1. The van der Waals surface area contributed by atoms with Crippen LogP contribution in [0.3, 0.4) is 0 Å². The summed E-state index contributed by atoms with van der Waals surface area (Å²) >= 11 is 0. The van der Waals surface area contributed by atoms with Crippen molar-refractivity contribution in [3.05, 3.63) is 34.2 Å². The first-order valence-electron chi connectivity index (χ1n) is 5.03. The van der Waals surface area contributed by atoms with E-state index in [2.05, 4.69) is 19.2 Å². The molecule has 1 N–H and O–H groups in total. The van der Waals surface area contributed by atoms with Crippen LogP contribution in [0.15, 0.2) is 23.1 Å². The summed E-state index contributed by atoms with van der Waals surface area (Å²) < 4.78 is 1.60. The summed E-state index contributed by atoms with van der Waals surface area (Å²) in [4.78, 5) is 11.6. The van der Waals surface area contributed by atoms with Crippen molar-refractivity contribution in [2.75, 3.05) is 0 Å². The SMILES string of the molecule is CCC(C)NCc1cccn(C)c1=O. The number of hydrogen-bond donors (Lipinski definition) is 1. The molecule has 0 aliphatic rings. The maximum absolute atomic E-state index is 11.6. The van der Waals surface area contributed by atoms with Gasteiger partial charge in [-0.1, -0.05) is 13.0 Å². The summed E-state index contributed by atoms with van der Waals surface area (Å²) in [7, 11) is 1.77. The van der Waals surface area contributed by atoms with E-state index in [9.17, 15) is 4.79 Å². The Hall–Kier alpha value is -1.09. The molecule has 0 spiro atoms. The van der Waals surface area contributed by atoms with Crippen molar-refractivity contribution in [2.45, 2.75) is 32.9 Å². The Labute approximate surface area is 84.8 Å². The second kappa shape index (κ2) is 4.96. The van der Waals surface area contributed by atoms with Gasteiger partial charge in [0.05, 0.1) is 0 Å². The zero-order chi connectivity index (χ0) is 10.6. The van der Waals surface area contributed by atoms with Crippen LogP contribution in [0.5, 0.6) is 0 Å². The van der Waals surface area contributed by atoms with Crippen LogP contribution in [0.25, 0.3) is 0 Å². The molecule has 0 saturated heterocycles. The molecule has 0 fully saturated rings. The van der Waals surface area contributed by atoms with E-state index in [1.807, 2.05) is 12.1 Å². The molecule has 1 atom stereocenters. The van der Waals surface area contributed by atoms with Crippen molar-refractivity contribution in [3.8, 4) is 0 Å². The zero-order valence-electron chi connectivity index (χ0n) is 9.08. The first kappa shape index (κ1) is 11.0. The third kappa shape index (κ3) is 2.70. The lowest BCUT2D eigenvalue weighted by Gasteiger charge is -2.10. The number of nitrogens with zero attached hydrogens (tertiary/aromatic N) is 1. The van der Waals surface area contributed by atoms with Crippen molar-refractivity contribution in [2.24, 2.45) is 7.05 Å². The fourth-order valence-electron chi connectivity index (χ4n) is 1.22. The lowest BCUT2D eigenvalue weighted by molar-refractivity contribution is 0.530. The van der Waals surface area contributed by atoms with Crippen LogP contribution in [-0.2, 0) is 13.6 Å². The number of pyridine rings is 1. The van der Waals surface area contributed by atoms with E-state index in [1.54, 1.807) is 17.8 Å². The Morgan fingerprint density at radius 2 is 2.29 bits per heavy atom. The molecule has 3 heteroatoms. The quantitative estimate of drug-likeness (QED) is 0.783. The van der Waals surface area contributed by atoms with Gasteiger partial charge in [0.15, 0.2) is 0 Å². The maximum atomic E-state index is 11.6. The molecule has 0 aromatic carbocycles. The fourth-order valence-corrected chi connectivity index (χ4v) is 1.22. The molecule has 1 unspecified atom stereocenters. The van der Waals surface area contributed by atoms with Gasteiger partial charge in [0, 0.05) is 31.4 Å². The van der Waals surface area contributed by atoms with E-state index < -0.39 is 0 Å². The summed E-state index contributed by atoms with van der Waals surface area (Å²) in [6.45, 7) is 4.90. The van der Waals surface area contributed by atoms with Crippen LogP contribution in [-0.4, -0.2) is 10.6 Å². The fraction of sp³-hybridized carbons (Fsp3) is 0.545. The summed E-state index contributed by atoms with van der Waals surface area (Å²) in [5.74, 6) is 0. The van der Waals surface area contributed by atoms with Crippen molar-refractivity contribution in [1.82, 2.24) is 9.88 Å². The third-order valence-corrected chi connectivity index (χ3v) is 2.46. The van der Waals surface area contributed by atoms with Crippen LogP contribution >= 0.6 is 0 Å². The highest BCUT2D eigenvalue weighted by atomic mass is 16.1. The number of nitrogens with one attached hydrogen (secondary N) is 1. The smallest absolute Gasteiger partial charge is 0.254 e. The lowest BCUT2D eigenvalue weighted by Crippen LogP contribution is -2.29. The van der Waals surface area contributed by atoms with Crippen LogP contribution < -0.4 is 10.9 Å². The van der Waals surface area contributed by atoms with Gasteiger partial charge in [0.25, 0.3) is 5.56 Å². The molecule has 0 aliphatic heterocycles. The Bertz CT molecular complexity index is 343. The van der Waals surface area contributed by atoms with E-state index in [0.29, 0.717) is 12.6 Å². The van der Waals surface area contributed by atoms with Crippen LogP contribution in [0.4, 0.5) is 0 Å². The minimum atomic E-state index is 0.0864. The highest BCUT2D eigenvalue weighted by Gasteiger charge is 2.02. The number of rotatable bonds is 4. The normalized spacial score (nSPS) is 12.8. The predicted molar refractivity (Wildman–Crippen MR) is 58.3 cm³/mol. The second-order valence-electron chi connectivity index (χ2n) is 3.64. The largest absolute Gasteiger partial charge is 0.318 e. The molecule has 78 valence electrons. The van der Waals surface area contributed by atoms with E-state index in [0.717, 1.165) is 12.0 Å². The zero-order valence-corrected chi connectivity index (χ0v) is 9.08. The van der Waals surface area contributed by atoms with Crippen LogP contribution in [0.1, 0.15) is 25.8 Å². The molecule has 1 aromatic heterocycles. The van der Waals surface area contributed by atoms with E-state index in [4.69, 9.17) is 0 Å². The molecule has 0 saturated carbocycles. The van der Waals surface area contributed by atoms with Gasteiger partial charge in [-0.25, -0.2) is 0 Å². The maximum Gasteiger partial charge on any atom is 0.254 e. The first-order chi connectivity index (χ1) is 6.65. The minimum Gasteiger partial charge on any atom is -0.318 e. The van der Waals surface area contributed by atoms with E-state index in [1.165, 1.54) is 0 Å². The molecule has 0 bridgehead atoms. The van der Waals surface area contributed by atoms with E-state index >= 15 is 0 Å². The van der Waals surface area contributed by atoms with Crippen molar-refractivity contribution < 1.29 is 0 Å². The van der Waals surface area contributed by atoms with Gasteiger partial charge in [0.1, 0.15) is 0 Å². The summed E-state index contributed by atoms with van der Waals surface area (Å²) in [5, 5.41) is 3.30. The Kier molecular flexibility index (Phi) is 3.89. The van der Waals surface area contributed by atoms with Gasteiger partial charge < -0.3 is 9.88 Å². The van der Waals surface area contributed by atoms with Crippen molar-refractivity contribution in [3.63, 3.8) is 0 Å². The van der Waals surface area contributed by atoms with Crippen LogP contribution in [0, 0.1) is 0 Å². The van der Waals surface area contributed by atoms with Crippen molar-refractivity contribution >= 4 is 0 Å². The topological polar surface area (TPSA) is 34.0 Å². The molecular weight excluding hydrogens is 176 g/mol. The third-order valence-electron chi connectivity index (χ3n) is 2.46. The lowest BCUT2D eigenvalue weighted by atomic mass is 10.2. The molecule has 0 aliphatic carbocycles. The Morgan fingerprint density at radius 3 is 2.93 bits per heavy atom. The molecule has 1 aromatic rings. The average molecular weight is 194 g/mol. The van der Waals surface area contributed by atoms with Gasteiger partial charge in [0.2, 0.25) is 0 Å². The van der Waals surface area contributed by atoms with Crippen LogP contribution in [0.2, 0.25) is 0 Å². The van der Waals surface area contributed by atoms with Gasteiger partial charge in [-0.05, 0) is 19.4 Å². The summed E-state index contributed by atoms with van der Waals surface area (Å²) in [5.41, 5.74) is 0.915. The van der Waals surface area contributed by atoms with Crippen molar-refractivity contribution in [1.29, 1.82) is 0 Å². The van der Waals surface area contributed by atoms with Gasteiger partial charge in [-0.15, -0.1) is 0 Å². The Morgan fingerprint density at radius 1 is 1.57 bits per heavy atom. The number of aromatic nitrogens is 1. The highest BCUT2D eigenvalue weighted by molar-refractivity contribution is 5.09. The predicted octanol–water partition coefficient (Wildman–Crippen LogP) is 1.27. The molecule has 1 heterocycles. The highest BCUT2D eigenvalue weighted by Crippen LogP contribution is 1.93. The minimum absolute atomic E-state index is 0.0864. The van der Waals surface area contributed by atoms with Gasteiger partial charge >= 0.3 is 0 Å². The average Bonchev–Trinajstić information content (AvgIpc) is 2.20. The van der Waals surface area contributed by atoms with E-state index in [-0.39, 0.29) is 5.56 Å². The number of hydrogen-bond acceptors (Lipinski definition) is 2. The van der Waals surface area contributed by atoms with Gasteiger partial charge in [-0.3, -0.25) is 4.79 Å². The molecule has 0 radical (unpaired) electrons. The Balaban J connectivity index is 2.68. The molecule has 14 heavy (non-hydrogen) atoms. The standard InChI is InChI=1S/C11H18N2O/c1-4-9(2)12-8-10-6-5-7-13(3)11(10)14/h5-7,9,12H,4,8H2,1-3H3. The molecule has 0 amide bonds. The molecule has 3 nitrogen and oxygen atoms in total.